The smallest absolute Gasteiger partial charge is 0.271 e. The number of thiazole rings is 1. The molecule has 0 saturated heterocycles. The number of anilines is 1. The van der Waals surface area contributed by atoms with Gasteiger partial charge in [0.05, 0.1) is 17.3 Å². The van der Waals surface area contributed by atoms with Gasteiger partial charge in [-0.05, 0) is 41.5 Å². The van der Waals surface area contributed by atoms with Crippen molar-refractivity contribution in [2.24, 2.45) is 4.99 Å². The van der Waals surface area contributed by atoms with Crippen LogP contribution >= 0.6 is 22.7 Å². The minimum atomic E-state index is -0.233. The summed E-state index contributed by atoms with van der Waals surface area (Å²) in [5.41, 5.74) is 6.40. The molecule has 3 aliphatic rings. The third kappa shape index (κ3) is 2.66. The molecule has 0 saturated carbocycles. The van der Waals surface area contributed by atoms with Crippen LogP contribution in [0.1, 0.15) is 34.0 Å². The van der Waals surface area contributed by atoms with E-state index in [1.54, 1.807) is 15.9 Å². The van der Waals surface area contributed by atoms with E-state index in [1.165, 1.54) is 22.5 Å². The molecule has 2 aromatic carbocycles. The first-order chi connectivity index (χ1) is 16.2. The first-order valence-corrected chi connectivity index (χ1v) is 12.5. The van der Waals surface area contributed by atoms with E-state index in [-0.39, 0.29) is 17.5 Å². The highest BCUT2D eigenvalue weighted by molar-refractivity contribution is 7.10. The van der Waals surface area contributed by atoms with Crippen LogP contribution in [0.25, 0.3) is 11.3 Å². The molecule has 2 aliphatic heterocycles. The van der Waals surface area contributed by atoms with E-state index in [0.29, 0.717) is 14.9 Å². The van der Waals surface area contributed by atoms with Gasteiger partial charge in [-0.1, -0.05) is 59.9 Å². The number of thiophene rings is 1. The summed E-state index contributed by atoms with van der Waals surface area (Å²) in [5, 5.41) is 4.95. The molecule has 7 heteroatoms. The predicted molar refractivity (Wildman–Crippen MR) is 131 cm³/mol. The highest BCUT2D eigenvalue weighted by Gasteiger charge is 2.34. The summed E-state index contributed by atoms with van der Waals surface area (Å²) in [4.78, 5) is 33.6. The number of para-hydroxylation sites is 1. The largest absolute Gasteiger partial charge is 0.321 e. The van der Waals surface area contributed by atoms with Crippen LogP contribution in [0.2, 0.25) is 0 Å². The lowest BCUT2D eigenvalue weighted by atomic mass is 9.85. The van der Waals surface area contributed by atoms with Crippen molar-refractivity contribution in [1.29, 1.82) is 0 Å². The predicted octanol–water partition coefficient (Wildman–Crippen LogP) is 3.70. The summed E-state index contributed by atoms with van der Waals surface area (Å²) in [5.74, 6) is -0.233. The molecule has 7 rings (SSSR count). The summed E-state index contributed by atoms with van der Waals surface area (Å²) in [7, 11) is 0. The third-order valence-electron chi connectivity index (χ3n) is 6.56. The molecule has 160 valence electrons. The molecular weight excluding hydrogens is 450 g/mol. The van der Waals surface area contributed by atoms with Crippen LogP contribution in [0.15, 0.2) is 81.4 Å². The monoisotopic (exact) mass is 467 g/mol. The molecule has 1 aliphatic carbocycles. The van der Waals surface area contributed by atoms with Crippen LogP contribution in [-0.4, -0.2) is 10.5 Å². The first-order valence-electron chi connectivity index (χ1n) is 10.8. The Morgan fingerprint density at radius 2 is 1.76 bits per heavy atom. The van der Waals surface area contributed by atoms with Crippen LogP contribution < -0.4 is 20.2 Å². The lowest BCUT2D eigenvalue weighted by Gasteiger charge is -2.30. The normalized spacial score (nSPS) is 19.9. The number of nitrogens with zero attached hydrogens (tertiary/aromatic N) is 2. The molecule has 5 nitrogen and oxygen atoms in total. The minimum absolute atomic E-state index is 0.149. The van der Waals surface area contributed by atoms with E-state index >= 15 is 0 Å². The molecule has 1 N–H and O–H groups in total. The lowest BCUT2D eigenvalue weighted by Crippen LogP contribution is -2.39. The number of amides is 1. The van der Waals surface area contributed by atoms with Crippen LogP contribution in [0, 0.1) is 0 Å². The number of aromatic nitrogens is 1. The number of allylic oxidation sites excluding steroid dienone is 1. The Kier molecular flexibility index (Phi) is 4.01. The molecule has 0 fully saturated rings. The van der Waals surface area contributed by atoms with E-state index in [1.807, 2.05) is 41.8 Å². The molecule has 4 aromatic rings. The molecule has 0 bridgehead atoms. The molecule has 2 aromatic heterocycles. The fraction of sp³-hybridized carbons (Fsp3) is 0.115. The van der Waals surface area contributed by atoms with E-state index in [0.717, 1.165) is 40.2 Å². The number of fused-ring (bicyclic) bond motifs is 4. The van der Waals surface area contributed by atoms with Gasteiger partial charge in [0.2, 0.25) is 0 Å². The zero-order valence-corrected chi connectivity index (χ0v) is 19.0. The van der Waals surface area contributed by atoms with Gasteiger partial charge in [-0.15, -0.1) is 11.3 Å². The van der Waals surface area contributed by atoms with Crippen LogP contribution in [0.4, 0.5) is 5.69 Å². The highest BCUT2D eigenvalue weighted by Crippen LogP contribution is 2.42. The molecule has 0 radical (unpaired) electrons. The average molecular weight is 468 g/mol. The molecule has 1 amide bonds. The maximum Gasteiger partial charge on any atom is 0.271 e. The van der Waals surface area contributed by atoms with Crippen molar-refractivity contribution in [3.8, 4) is 0 Å². The Hall–Kier alpha value is -3.55. The number of carbonyl (C=O) groups excluding carboxylic acids is 1. The SMILES string of the molecule is O=C1Nc2ccccc2/C1=c1/sc2n(c1=O)C(c1cccs1)C1=C(N=2)c2ccccc2CC1. The van der Waals surface area contributed by atoms with Crippen molar-refractivity contribution < 1.29 is 4.79 Å². The van der Waals surface area contributed by atoms with Gasteiger partial charge in [0.1, 0.15) is 4.53 Å². The zero-order chi connectivity index (χ0) is 22.1. The summed E-state index contributed by atoms with van der Waals surface area (Å²) in [6.07, 6.45) is 1.79. The summed E-state index contributed by atoms with van der Waals surface area (Å²) < 4.78 is 2.26. The summed E-state index contributed by atoms with van der Waals surface area (Å²) >= 11 is 2.97. The van der Waals surface area contributed by atoms with Gasteiger partial charge in [-0.3, -0.25) is 14.2 Å². The van der Waals surface area contributed by atoms with Gasteiger partial charge in [-0.25, -0.2) is 4.99 Å². The number of hydrogen-bond acceptors (Lipinski definition) is 5. The fourth-order valence-corrected chi connectivity index (χ4v) is 7.06. The molecule has 33 heavy (non-hydrogen) atoms. The van der Waals surface area contributed by atoms with Crippen molar-refractivity contribution in [3.05, 3.63) is 113 Å². The van der Waals surface area contributed by atoms with E-state index in [4.69, 9.17) is 4.99 Å². The number of nitrogens with one attached hydrogen (secondary N) is 1. The summed E-state index contributed by atoms with van der Waals surface area (Å²) in [6.45, 7) is 0. The second-order valence-corrected chi connectivity index (χ2v) is 10.3. The Labute approximate surface area is 196 Å². The van der Waals surface area contributed by atoms with Crippen molar-refractivity contribution in [3.63, 3.8) is 0 Å². The van der Waals surface area contributed by atoms with Crippen LogP contribution in [-0.2, 0) is 11.2 Å². The number of hydrogen-bond donors (Lipinski definition) is 1. The average Bonchev–Trinajstić information content (AvgIpc) is 3.55. The fourth-order valence-electron chi connectivity index (χ4n) is 5.11. The molecule has 0 spiro atoms. The Bertz CT molecular complexity index is 1690. The maximum absolute atomic E-state index is 13.9. The van der Waals surface area contributed by atoms with Gasteiger partial charge >= 0.3 is 0 Å². The van der Waals surface area contributed by atoms with Crippen molar-refractivity contribution >= 4 is 45.5 Å². The Morgan fingerprint density at radius 1 is 0.939 bits per heavy atom. The third-order valence-corrected chi connectivity index (χ3v) is 8.54. The lowest BCUT2D eigenvalue weighted by molar-refractivity contribution is -0.110. The zero-order valence-electron chi connectivity index (χ0n) is 17.4. The number of aryl methyl sites for hydroxylation is 1. The number of rotatable bonds is 1. The molecule has 1 unspecified atom stereocenters. The van der Waals surface area contributed by atoms with Gasteiger partial charge in [0, 0.05) is 21.7 Å². The highest BCUT2D eigenvalue weighted by atomic mass is 32.1. The van der Waals surface area contributed by atoms with Crippen molar-refractivity contribution in [2.75, 3.05) is 5.32 Å². The molecule has 1 atom stereocenters. The molecule has 4 heterocycles. The van der Waals surface area contributed by atoms with E-state index in [2.05, 4.69) is 29.6 Å². The van der Waals surface area contributed by atoms with Gasteiger partial charge in [-0.2, -0.15) is 0 Å². The maximum atomic E-state index is 13.9. The van der Waals surface area contributed by atoms with Gasteiger partial charge in [0.25, 0.3) is 11.5 Å². The van der Waals surface area contributed by atoms with Gasteiger partial charge in [0.15, 0.2) is 4.80 Å². The Morgan fingerprint density at radius 3 is 2.61 bits per heavy atom. The van der Waals surface area contributed by atoms with E-state index < -0.39 is 0 Å². The Balaban J connectivity index is 1.57. The minimum Gasteiger partial charge on any atom is -0.321 e. The first kappa shape index (κ1) is 19.0. The van der Waals surface area contributed by atoms with E-state index in [9.17, 15) is 9.59 Å². The standard InChI is InChI=1S/C26H17N3O2S2/c30-24-20(16-8-3-4-9-18(16)27-24)23-25(31)29-22(19-10-5-13-32-19)17-12-11-14-6-1-2-7-15(14)21(17)28-26(29)33-23/h1-10,13,22H,11-12H2,(H,27,30)/b23-20-. The second kappa shape index (κ2) is 6.97. The quantitative estimate of drug-likeness (QED) is 0.464. The molecular formula is C26H17N3O2S2. The van der Waals surface area contributed by atoms with Gasteiger partial charge < -0.3 is 5.32 Å². The van der Waals surface area contributed by atoms with Crippen LogP contribution in [0.5, 0.6) is 0 Å². The van der Waals surface area contributed by atoms with Crippen molar-refractivity contribution in [2.45, 2.75) is 18.9 Å². The second-order valence-electron chi connectivity index (χ2n) is 8.32. The van der Waals surface area contributed by atoms with Crippen molar-refractivity contribution in [1.82, 2.24) is 4.57 Å². The summed E-state index contributed by atoms with van der Waals surface area (Å²) in [6, 6.07) is 19.8. The van der Waals surface area contributed by atoms with Crippen LogP contribution in [0.3, 0.4) is 0 Å². The number of benzene rings is 2. The number of carbonyl (C=O) groups is 1. The topological polar surface area (TPSA) is 63.5 Å².